The topological polar surface area (TPSA) is 89.4 Å². The second kappa shape index (κ2) is 7.99. The first-order valence-corrected chi connectivity index (χ1v) is 10.0. The maximum atomic E-state index is 13.2. The molecule has 158 valence electrons. The Balaban J connectivity index is 1.54. The van der Waals surface area contributed by atoms with Crippen molar-refractivity contribution in [2.75, 3.05) is 16.9 Å². The monoisotopic (exact) mass is 425 g/mol. The quantitative estimate of drug-likeness (QED) is 0.537. The van der Waals surface area contributed by atoms with Crippen LogP contribution in [0.3, 0.4) is 0 Å². The minimum absolute atomic E-state index is 0.0213. The van der Waals surface area contributed by atoms with Gasteiger partial charge in [0.2, 0.25) is 5.95 Å². The van der Waals surface area contributed by atoms with Gasteiger partial charge in [-0.1, -0.05) is 48.5 Å². The van der Waals surface area contributed by atoms with Crippen LogP contribution in [0.25, 0.3) is 5.69 Å². The summed E-state index contributed by atoms with van der Waals surface area (Å²) in [6, 6.07) is 23.6. The summed E-state index contributed by atoms with van der Waals surface area (Å²) in [4.78, 5) is 31.8. The average molecular weight is 425 g/mol. The Labute approximate surface area is 184 Å². The van der Waals surface area contributed by atoms with E-state index in [9.17, 15) is 9.59 Å². The largest absolute Gasteiger partial charge is 0.472 e. The number of rotatable bonds is 4. The molecule has 0 aliphatic carbocycles. The summed E-state index contributed by atoms with van der Waals surface area (Å²) in [5.74, 6) is 0.270. The maximum absolute atomic E-state index is 13.2. The van der Waals surface area contributed by atoms with Crippen LogP contribution in [0.4, 0.5) is 11.9 Å². The van der Waals surface area contributed by atoms with Gasteiger partial charge in [-0.15, -0.1) is 5.10 Å². The third-order valence-electron chi connectivity index (χ3n) is 5.16. The fourth-order valence-corrected chi connectivity index (χ4v) is 3.53. The number of amides is 2. The SMILES string of the molecule is Cc1ccccc1C(=O)Nc1nc(N2COc3ccccc3C2=O)n(-c2ccccc2)n1. The second-order valence-corrected chi connectivity index (χ2v) is 7.25. The van der Waals surface area contributed by atoms with Crippen molar-refractivity contribution >= 4 is 23.7 Å². The number of nitrogens with one attached hydrogen (secondary N) is 1. The van der Waals surface area contributed by atoms with Crippen LogP contribution in [0.2, 0.25) is 0 Å². The number of carbonyl (C=O) groups is 2. The van der Waals surface area contributed by atoms with Gasteiger partial charge in [-0.3, -0.25) is 14.9 Å². The Morgan fingerprint density at radius 3 is 2.50 bits per heavy atom. The third-order valence-corrected chi connectivity index (χ3v) is 5.16. The molecule has 0 radical (unpaired) electrons. The molecule has 0 bridgehead atoms. The molecular formula is C24H19N5O3. The number of benzene rings is 3. The summed E-state index contributed by atoms with van der Waals surface area (Å²) >= 11 is 0. The van der Waals surface area contributed by atoms with Gasteiger partial charge in [0.05, 0.1) is 11.3 Å². The number of carbonyl (C=O) groups excluding carboxylic acids is 2. The molecule has 1 aromatic heterocycles. The van der Waals surface area contributed by atoms with E-state index < -0.39 is 0 Å². The van der Waals surface area contributed by atoms with Crippen LogP contribution in [0.5, 0.6) is 5.75 Å². The molecule has 0 atom stereocenters. The fourth-order valence-electron chi connectivity index (χ4n) is 3.53. The van der Waals surface area contributed by atoms with E-state index in [1.165, 1.54) is 9.58 Å². The number of aromatic nitrogens is 3. The van der Waals surface area contributed by atoms with Gasteiger partial charge in [-0.05, 0) is 42.8 Å². The number of hydrogen-bond acceptors (Lipinski definition) is 5. The van der Waals surface area contributed by atoms with Crippen molar-refractivity contribution in [2.24, 2.45) is 0 Å². The molecular weight excluding hydrogens is 406 g/mol. The highest BCUT2D eigenvalue weighted by molar-refractivity contribution is 6.08. The fraction of sp³-hybridized carbons (Fsp3) is 0.0833. The Morgan fingerprint density at radius 1 is 0.969 bits per heavy atom. The van der Waals surface area contributed by atoms with E-state index >= 15 is 0 Å². The highest BCUT2D eigenvalue weighted by atomic mass is 16.5. The first kappa shape index (κ1) is 19.5. The molecule has 2 amide bonds. The molecule has 1 aliphatic heterocycles. The van der Waals surface area contributed by atoms with Crippen LogP contribution >= 0.6 is 0 Å². The molecule has 5 rings (SSSR count). The summed E-state index contributed by atoms with van der Waals surface area (Å²) in [5, 5.41) is 7.21. The average Bonchev–Trinajstić information content (AvgIpc) is 3.23. The standard InChI is InChI=1S/C24H19N5O3/c1-16-9-5-6-12-18(16)21(30)25-23-26-24(29(27-23)17-10-3-2-4-11-17)28-15-32-20-14-8-7-13-19(20)22(28)31/h2-14H,15H2,1H3,(H,25,27,30). The van der Waals surface area contributed by atoms with Crippen LogP contribution < -0.4 is 15.0 Å². The molecule has 8 nitrogen and oxygen atoms in total. The zero-order valence-corrected chi connectivity index (χ0v) is 17.2. The van der Waals surface area contributed by atoms with Gasteiger partial charge in [0.1, 0.15) is 5.75 Å². The van der Waals surface area contributed by atoms with E-state index in [1.807, 2.05) is 55.5 Å². The molecule has 0 saturated carbocycles. The van der Waals surface area contributed by atoms with Gasteiger partial charge < -0.3 is 4.74 Å². The van der Waals surface area contributed by atoms with Gasteiger partial charge in [0, 0.05) is 5.56 Å². The summed E-state index contributed by atoms with van der Waals surface area (Å²) in [5.41, 5.74) is 2.49. The molecule has 0 fully saturated rings. The van der Waals surface area contributed by atoms with Crippen LogP contribution in [0, 0.1) is 6.92 Å². The van der Waals surface area contributed by atoms with E-state index in [2.05, 4.69) is 15.4 Å². The molecule has 0 spiro atoms. The highest BCUT2D eigenvalue weighted by Crippen LogP contribution is 2.29. The summed E-state index contributed by atoms with van der Waals surface area (Å²) < 4.78 is 7.28. The summed E-state index contributed by atoms with van der Waals surface area (Å²) in [6.45, 7) is 1.84. The number of para-hydroxylation sites is 2. The molecule has 32 heavy (non-hydrogen) atoms. The lowest BCUT2D eigenvalue weighted by atomic mass is 10.1. The van der Waals surface area contributed by atoms with E-state index in [0.29, 0.717) is 22.6 Å². The molecule has 8 heteroatoms. The Morgan fingerprint density at radius 2 is 1.69 bits per heavy atom. The van der Waals surface area contributed by atoms with Crippen molar-refractivity contribution < 1.29 is 14.3 Å². The molecule has 1 aliphatic rings. The normalized spacial score (nSPS) is 12.8. The lowest BCUT2D eigenvalue weighted by Crippen LogP contribution is -2.40. The summed E-state index contributed by atoms with van der Waals surface area (Å²) in [6.07, 6.45) is 0. The lowest BCUT2D eigenvalue weighted by molar-refractivity contribution is 0.0933. The van der Waals surface area contributed by atoms with Crippen LogP contribution in [-0.2, 0) is 0 Å². The zero-order valence-electron chi connectivity index (χ0n) is 17.2. The highest BCUT2D eigenvalue weighted by Gasteiger charge is 2.31. The first-order valence-electron chi connectivity index (χ1n) is 10.0. The van der Waals surface area contributed by atoms with Gasteiger partial charge in [0.15, 0.2) is 6.73 Å². The van der Waals surface area contributed by atoms with E-state index in [1.54, 1.807) is 30.3 Å². The van der Waals surface area contributed by atoms with Crippen molar-refractivity contribution in [1.82, 2.24) is 14.8 Å². The van der Waals surface area contributed by atoms with E-state index in [-0.39, 0.29) is 30.4 Å². The second-order valence-electron chi connectivity index (χ2n) is 7.25. The predicted octanol–water partition coefficient (Wildman–Crippen LogP) is 3.82. The lowest BCUT2D eigenvalue weighted by Gasteiger charge is -2.27. The van der Waals surface area contributed by atoms with E-state index in [0.717, 1.165) is 5.56 Å². The van der Waals surface area contributed by atoms with Gasteiger partial charge in [-0.2, -0.15) is 9.67 Å². The van der Waals surface area contributed by atoms with Crippen molar-refractivity contribution in [3.05, 3.63) is 95.6 Å². The van der Waals surface area contributed by atoms with Crippen LogP contribution in [0.1, 0.15) is 26.3 Å². The van der Waals surface area contributed by atoms with Crippen molar-refractivity contribution in [3.8, 4) is 11.4 Å². The smallest absolute Gasteiger partial charge is 0.267 e. The number of ether oxygens (including phenoxy) is 1. The predicted molar refractivity (Wildman–Crippen MR) is 119 cm³/mol. The Kier molecular flexibility index (Phi) is 4.87. The number of aryl methyl sites for hydroxylation is 1. The van der Waals surface area contributed by atoms with Gasteiger partial charge in [0.25, 0.3) is 17.8 Å². The molecule has 3 aromatic carbocycles. The molecule has 4 aromatic rings. The van der Waals surface area contributed by atoms with Crippen molar-refractivity contribution in [1.29, 1.82) is 0 Å². The Hall–Kier alpha value is -4.46. The maximum Gasteiger partial charge on any atom is 0.267 e. The molecule has 0 saturated heterocycles. The van der Waals surface area contributed by atoms with Crippen molar-refractivity contribution in [2.45, 2.75) is 6.92 Å². The zero-order chi connectivity index (χ0) is 22.1. The summed E-state index contributed by atoms with van der Waals surface area (Å²) in [7, 11) is 0. The van der Waals surface area contributed by atoms with Crippen molar-refractivity contribution in [3.63, 3.8) is 0 Å². The number of fused-ring (bicyclic) bond motifs is 1. The van der Waals surface area contributed by atoms with Gasteiger partial charge in [-0.25, -0.2) is 4.90 Å². The minimum Gasteiger partial charge on any atom is -0.472 e. The number of nitrogens with zero attached hydrogens (tertiary/aromatic N) is 4. The van der Waals surface area contributed by atoms with Crippen LogP contribution in [-0.4, -0.2) is 33.3 Å². The number of anilines is 2. The van der Waals surface area contributed by atoms with E-state index in [4.69, 9.17) is 4.74 Å². The Bertz CT molecular complexity index is 1320. The minimum atomic E-state index is -0.327. The number of hydrogen-bond donors (Lipinski definition) is 1. The third kappa shape index (κ3) is 3.47. The molecule has 1 N–H and O–H groups in total. The molecule has 2 heterocycles. The first-order chi connectivity index (χ1) is 15.6. The molecule has 0 unspecified atom stereocenters. The van der Waals surface area contributed by atoms with Crippen LogP contribution in [0.15, 0.2) is 78.9 Å². The van der Waals surface area contributed by atoms with Gasteiger partial charge >= 0.3 is 0 Å².